The van der Waals surface area contributed by atoms with Crippen LogP contribution in [0, 0.1) is 12.7 Å². The number of halogens is 1. The molecule has 8 heteroatoms. The molecule has 3 rings (SSSR count). The number of anilines is 2. The maximum Gasteiger partial charge on any atom is 0.251 e. The predicted molar refractivity (Wildman–Crippen MR) is 87.2 cm³/mol. The van der Waals surface area contributed by atoms with Gasteiger partial charge in [0.25, 0.3) is 5.91 Å². The maximum atomic E-state index is 14.0. The highest BCUT2D eigenvalue weighted by molar-refractivity contribution is 5.93. The van der Waals surface area contributed by atoms with Gasteiger partial charge in [0.2, 0.25) is 5.95 Å². The number of primary amides is 1. The first-order valence-corrected chi connectivity index (χ1v) is 7.13. The van der Waals surface area contributed by atoms with Crippen LogP contribution in [0.4, 0.5) is 16.0 Å². The number of nitrogens with two attached hydrogens (primary N) is 1. The van der Waals surface area contributed by atoms with Crippen LogP contribution in [-0.2, 0) is 7.05 Å². The van der Waals surface area contributed by atoms with Gasteiger partial charge in [0, 0.05) is 25.0 Å². The van der Waals surface area contributed by atoms with E-state index < -0.39 is 11.7 Å². The number of hydrogen-bond acceptors (Lipinski definition) is 5. The van der Waals surface area contributed by atoms with E-state index in [1.54, 1.807) is 36.4 Å². The molecule has 0 fully saturated rings. The molecule has 2 heterocycles. The Kier molecular flexibility index (Phi) is 3.95. The molecule has 7 nitrogen and oxygen atoms in total. The number of amides is 1. The second-order valence-electron chi connectivity index (χ2n) is 5.31. The molecule has 0 saturated carbocycles. The molecule has 0 bridgehead atoms. The fourth-order valence-electron chi connectivity index (χ4n) is 2.27. The highest BCUT2D eigenvalue weighted by atomic mass is 19.1. The fourth-order valence-corrected chi connectivity index (χ4v) is 2.27. The minimum atomic E-state index is -0.808. The molecule has 0 radical (unpaired) electrons. The molecule has 2 aromatic heterocycles. The van der Waals surface area contributed by atoms with Crippen molar-refractivity contribution in [2.75, 3.05) is 5.32 Å². The van der Waals surface area contributed by atoms with Crippen LogP contribution in [-0.4, -0.2) is 25.7 Å². The summed E-state index contributed by atoms with van der Waals surface area (Å²) in [4.78, 5) is 19.8. The number of aryl methyl sites for hydroxylation is 2. The molecule has 3 N–H and O–H groups in total. The van der Waals surface area contributed by atoms with E-state index in [4.69, 9.17) is 5.73 Å². The first-order chi connectivity index (χ1) is 11.4. The Labute approximate surface area is 137 Å². The lowest BCUT2D eigenvalue weighted by Gasteiger charge is -2.09. The van der Waals surface area contributed by atoms with Gasteiger partial charge in [0.1, 0.15) is 5.82 Å². The van der Waals surface area contributed by atoms with E-state index in [0.29, 0.717) is 17.2 Å². The lowest BCUT2D eigenvalue weighted by atomic mass is 10.1. The molecule has 0 aliphatic heterocycles. The number of carbonyl (C=O) groups is 1. The third-order valence-corrected chi connectivity index (χ3v) is 3.44. The predicted octanol–water partition coefficient (Wildman–Crippen LogP) is 2.17. The van der Waals surface area contributed by atoms with Crippen LogP contribution in [0.1, 0.15) is 15.9 Å². The van der Waals surface area contributed by atoms with Crippen molar-refractivity contribution in [2.24, 2.45) is 12.8 Å². The van der Waals surface area contributed by atoms with Crippen LogP contribution in [0.25, 0.3) is 11.3 Å². The van der Waals surface area contributed by atoms with E-state index >= 15 is 0 Å². The van der Waals surface area contributed by atoms with Gasteiger partial charge >= 0.3 is 0 Å². The van der Waals surface area contributed by atoms with Crippen LogP contribution < -0.4 is 11.1 Å². The topological polar surface area (TPSA) is 98.7 Å². The van der Waals surface area contributed by atoms with Crippen LogP contribution in [0.3, 0.4) is 0 Å². The quantitative estimate of drug-likeness (QED) is 0.765. The number of aromatic nitrogens is 4. The van der Waals surface area contributed by atoms with Crippen molar-refractivity contribution in [3.8, 4) is 11.3 Å². The van der Waals surface area contributed by atoms with Gasteiger partial charge in [-0.05, 0) is 24.6 Å². The summed E-state index contributed by atoms with van der Waals surface area (Å²) < 4.78 is 15.6. The third-order valence-electron chi connectivity index (χ3n) is 3.44. The van der Waals surface area contributed by atoms with E-state index in [1.807, 2.05) is 6.92 Å². The van der Waals surface area contributed by atoms with E-state index in [1.165, 1.54) is 12.1 Å². The van der Waals surface area contributed by atoms with Crippen molar-refractivity contribution in [1.82, 2.24) is 19.7 Å². The number of rotatable bonds is 4. The average molecular weight is 326 g/mol. The summed E-state index contributed by atoms with van der Waals surface area (Å²) in [5, 5.41) is 7.09. The molecular formula is C16H15FN6O. The van der Waals surface area contributed by atoms with E-state index in [9.17, 15) is 9.18 Å². The summed E-state index contributed by atoms with van der Waals surface area (Å²) in [6.07, 6.45) is 5.06. The van der Waals surface area contributed by atoms with Crippen LogP contribution >= 0.6 is 0 Å². The molecule has 0 aliphatic rings. The number of nitrogens with zero attached hydrogens (tertiary/aromatic N) is 4. The standard InChI is InChI=1S/C16H15FN6O/c1-9-6-19-16(21-11-7-20-23(2)8-11)22-14(9)10-3-4-12(15(18)24)13(17)5-10/h3-8H,1-2H3,(H2,18,24)(H,19,21,22). The summed E-state index contributed by atoms with van der Waals surface area (Å²) in [5.74, 6) is -1.12. The second kappa shape index (κ2) is 6.07. The normalized spacial score (nSPS) is 10.6. The number of carbonyl (C=O) groups excluding carboxylic acids is 1. The Bertz CT molecular complexity index is 921. The largest absolute Gasteiger partial charge is 0.366 e. The molecule has 0 atom stereocenters. The zero-order chi connectivity index (χ0) is 17.3. The molecule has 122 valence electrons. The molecule has 0 spiro atoms. The molecule has 24 heavy (non-hydrogen) atoms. The molecule has 1 aromatic carbocycles. The van der Waals surface area contributed by atoms with E-state index in [2.05, 4.69) is 20.4 Å². The zero-order valence-electron chi connectivity index (χ0n) is 13.1. The lowest BCUT2D eigenvalue weighted by Crippen LogP contribution is -2.13. The van der Waals surface area contributed by atoms with Crippen molar-refractivity contribution in [3.05, 3.63) is 53.7 Å². The molecule has 3 aromatic rings. The monoisotopic (exact) mass is 326 g/mol. The van der Waals surface area contributed by atoms with Crippen molar-refractivity contribution in [2.45, 2.75) is 6.92 Å². The Morgan fingerprint density at radius 3 is 2.75 bits per heavy atom. The first kappa shape index (κ1) is 15.6. The Morgan fingerprint density at radius 2 is 2.12 bits per heavy atom. The number of nitrogens with one attached hydrogen (secondary N) is 1. The smallest absolute Gasteiger partial charge is 0.251 e. The van der Waals surface area contributed by atoms with Gasteiger partial charge in [-0.15, -0.1) is 0 Å². The van der Waals surface area contributed by atoms with Gasteiger partial charge in [-0.25, -0.2) is 14.4 Å². The van der Waals surface area contributed by atoms with Crippen molar-refractivity contribution in [1.29, 1.82) is 0 Å². The van der Waals surface area contributed by atoms with Gasteiger partial charge in [0.05, 0.1) is 23.1 Å². The van der Waals surface area contributed by atoms with Crippen molar-refractivity contribution >= 4 is 17.5 Å². The van der Waals surface area contributed by atoms with Crippen LogP contribution in [0.2, 0.25) is 0 Å². The Hall–Kier alpha value is -3.29. The average Bonchev–Trinajstić information content (AvgIpc) is 2.94. The minimum absolute atomic E-state index is 0.154. The Balaban J connectivity index is 1.97. The van der Waals surface area contributed by atoms with Crippen molar-refractivity contribution in [3.63, 3.8) is 0 Å². The highest BCUT2D eigenvalue weighted by Gasteiger charge is 2.13. The van der Waals surface area contributed by atoms with Gasteiger partial charge in [-0.3, -0.25) is 9.48 Å². The number of benzene rings is 1. The van der Waals surface area contributed by atoms with E-state index in [-0.39, 0.29) is 5.56 Å². The summed E-state index contributed by atoms with van der Waals surface area (Å²) in [6.45, 7) is 1.82. The third kappa shape index (κ3) is 3.07. The molecular weight excluding hydrogens is 311 g/mol. The zero-order valence-corrected chi connectivity index (χ0v) is 13.1. The van der Waals surface area contributed by atoms with Gasteiger partial charge in [-0.1, -0.05) is 6.07 Å². The van der Waals surface area contributed by atoms with Crippen LogP contribution in [0.5, 0.6) is 0 Å². The van der Waals surface area contributed by atoms with Gasteiger partial charge in [-0.2, -0.15) is 5.10 Å². The highest BCUT2D eigenvalue weighted by Crippen LogP contribution is 2.24. The Morgan fingerprint density at radius 1 is 1.33 bits per heavy atom. The lowest BCUT2D eigenvalue weighted by molar-refractivity contribution is 0.0996. The molecule has 0 saturated heterocycles. The minimum Gasteiger partial charge on any atom is -0.366 e. The van der Waals surface area contributed by atoms with Gasteiger partial charge < -0.3 is 11.1 Å². The summed E-state index contributed by atoms with van der Waals surface area (Å²) in [5.41, 5.74) is 7.58. The van der Waals surface area contributed by atoms with Crippen molar-refractivity contribution < 1.29 is 9.18 Å². The number of hydrogen-bond donors (Lipinski definition) is 2. The summed E-state index contributed by atoms with van der Waals surface area (Å²) in [6, 6.07) is 4.19. The molecule has 1 amide bonds. The van der Waals surface area contributed by atoms with Crippen LogP contribution in [0.15, 0.2) is 36.8 Å². The molecule has 0 unspecified atom stereocenters. The second-order valence-corrected chi connectivity index (χ2v) is 5.31. The summed E-state index contributed by atoms with van der Waals surface area (Å²) in [7, 11) is 1.80. The van der Waals surface area contributed by atoms with E-state index in [0.717, 1.165) is 11.3 Å². The SMILES string of the molecule is Cc1cnc(Nc2cnn(C)c2)nc1-c1ccc(C(N)=O)c(F)c1. The first-order valence-electron chi connectivity index (χ1n) is 7.13. The fraction of sp³-hybridized carbons (Fsp3) is 0.125. The maximum absolute atomic E-state index is 14.0. The van der Waals surface area contributed by atoms with Gasteiger partial charge in [0.15, 0.2) is 0 Å². The summed E-state index contributed by atoms with van der Waals surface area (Å²) >= 11 is 0. The molecule has 0 aliphatic carbocycles.